The van der Waals surface area contributed by atoms with Crippen molar-refractivity contribution in [1.29, 1.82) is 0 Å². The second kappa shape index (κ2) is 6.91. The number of carbonyl (C=O) groups excluding carboxylic acids is 1. The summed E-state index contributed by atoms with van der Waals surface area (Å²) in [6.07, 6.45) is 4.69. The molecule has 2 aliphatic rings. The molecule has 2 fully saturated rings. The number of hydrogen-bond donors (Lipinski definition) is 1. The predicted molar refractivity (Wildman–Crippen MR) is 91.9 cm³/mol. The minimum atomic E-state index is 0.154. The summed E-state index contributed by atoms with van der Waals surface area (Å²) in [7, 11) is 0. The van der Waals surface area contributed by atoms with Crippen LogP contribution in [0.2, 0.25) is 0 Å². The summed E-state index contributed by atoms with van der Waals surface area (Å²) in [5.74, 6) is 0.992. The van der Waals surface area contributed by atoms with Gasteiger partial charge in [-0.3, -0.25) is 4.79 Å². The summed E-state index contributed by atoms with van der Waals surface area (Å²) in [5, 5.41) is 3.47. The van der Waals surface area contributed by atoms with Gasteiger partial charge in [0.2, 0.25) is 0 Å². The molecule has 2 heterocycles. The Kier molecular flexibility index (Phi) is 4.90. The Labute approximate surface area is 139 Å². The van der Waals surface area contributed by atoms with E-state index in [-0.39, 0.29) is 12.0 Å². The van der Waals surface area contributed by atoms with Gasteiger partial charge in [-0.05, 0) is 68.8 Å². The third-order valence-electron chi connectivity index (χ3n) is 5.46. The van der Waals surface area contributed by atoms with E-state index in [9.17, 15) is 4.79 Å². The van der Waals surface area contributed by atoms with Crippen molar-refractivity contribution in [2.24, 2.45) is 5.41 Å². The van der Waals surface area contributed by atoms with Crippen LogP contribution < -0.4 is 10.1 Å². The summed E-state index contributed by atoms with van der Waals surface area (Å²) in [4.78, 5) is 14.7. The highest BCUT2D eigenvalue weighted by atomic mass is 16.5. The van der Waals surface area contributed by atoms with Crippen molar-refractivity contribution in [2.45, 2.75) is 45.6 Å². The van der Waals surface area contributed by atoms with Crippen LogP contribution in [-0.2, 0) is 0 Å². The van der Waals surface area contributed by atoms with E-state index in [2.05, 4.69) is 19.2 Å². The molecule has 1 unspecified atom stereocenters. The molecule has 0 saturated carbocycles. The first-order chi connectivity index (χ1) is 11.1. The van der Waals surface area contributed by atoms with Gasteiger partial charge in [0.15, 0.2) is 0 Å². The summed E-state index contributed by atoms with van der Waals surface area (Å²) in [5.41, 5.74) is 1.21. The Bertz CT molecular complexity index is 525. The first kappa shape index (κ1) is 16.3. The van der Waals surface area contributed by atoms with Gasteiger partial charge in [-0.2, -0.15) is 0 Å². The average Bonchev–Trinajstić information content (AvgIpc) is 3.03. The van der Waals surface area contributed by atoms with Crippen molar-refractivity contribution < 1.29 is 9.53 Å². The molecule has 126 valence electrons. The molecule has 4 heteroatoms. The van der Waals surface area contributed by atoms with E-state index in [4.69, 9.17) is 4.74 Å². The summed E-state index contributed by atoms with van der Waals surface area (Å²) in [6.45, 7) is 8.17. The van der Waals surface area contributed by atoms with E-state index in [1.165, 1.54) is 6.42 Å². The zero-order valence-electron chi connectivity index (χ0n) is 14.3. The van der Waals surface area contributed by atoms with E-state index in [0.29, 0.717) is 5.41 Å². The lowest BCUT2D eigenvalue weighted by molar-refractivity contribution is 0.0607. The Morgan fingerprint density at radius 3 is 2.52 bits per heavy atom. The standard InChI is InChI=1S/C19H28N2O2/c1-3-15(2)23-17-6-4-16(5-7-17)18(22)21-12-9-19(10-13-21)8-11-20-14-19/h4-7,15,20H,3,8-14H2,1-2H3. The van der Waals surface area contributed by atoms with Crippen molar-refractivity contribution in [3.05, 3.63) is 29.8 Å². The van der Waals surface area contributed by atoms with Crippen LogP contribution in [0.25, 0.3) is 0 Å². The number of nitrogens with zero attached hydrogens (tertiary/aromatic N) is 1. The maximum Gasteiger partial charge on any atom is 0.253 e. The normalized spacial score (nSPS) is 21.4. The quantitative estimate of drug-likeness (QED) is 0.928. The van der Waals surface area contributed by atoms with Gasteiger partial charge in [-0.15, -0.1) is 0 Å². The van der Waals surface area contributed by atoms with E-state index in [1.54, 1.807) is 0 Å². The summed E-state index contributed by atoms with van der Waals surface area (Å²) < 4.78 is 5.78. The maximum atomic E-state index is 12.7. The Morgan fingerprint density at radius 2 is 1.96 bits per heavy atom. The smallest absolute Gasteiger partial charge is 0.253 e. The second-order valence-electron chi connectivity index (χ2n) is 7.08. The molecular formula is C19H28N2O2. The maximum absolute atomic E-state index is 12.7. The van der Waals surface area contributed by atoms with Gasteiger partial charge in [-0.1, -0.05) is 6.92 Å². The van der Waals surface area contributed by atoms with Gasteiger partial charge in [0.25, 0.3) is 5.91 Å². The molecule has 1 spiro atoms. The molecule has 1 atom stereocenters. The predicted octanol–water partition coefficient (Wildman–Crippen LogP) is 3.08. The minimum Gasteiger partial charge on any atom is -0.491 e. The van der Waals surface area contributed by atoms with Crippen LogP contribution in [0.1, 0.15) is 49.9 Å². The van der Waals surface area contributed by atoms with Crippen LogP contribution in [0, 0.1) is 5.41 Å². The van der Waals surface area contributed by atoms with Crippen LogP contribution in [0.4, 0.5) is 0 Å². The summed E-state index contributed by atoms with van der Waals surface area (Å²) in [6, 6.07) is 7.60. The highest BCUT2D eigenvalue weighted by molar-refractivity contribution is 5.94. The van der Waals surface area contributed by atoms with Crippen LogP contribution in [-0.4, -0.2) is 43.1 Å². The number of amides is 1. The van der Waals surface area contributed by atoms with Crippen molar-refractivity contribution in [3.63, 3.8) is 0 Å². The molecule has 0 aromatic heterocycles. The SMILES string of the molecule is CCC(C)Oc1ccc(C(=O)N2CCC3(CCNC3)CC2)cc1. The number of rotatable bonds is 4. The van der Waals surface area contributed by atoms with Crippen LogP contribution >= 0.6 is 0 Å². The molecule has 2 aliphatic heterocycles. The third-order valence-corrected chi connectivity index (χ3v) is 5.46. The zero-order chi connectivity index (χ0) is 16.3. The van der Waals surface area contributed by atoms with Gasteiger partial charge in [0.1, 0.15) is 5.75 Å². The number of hydrogen-bond acceptors (Lipinski definition) is 3. The van der Waals surface area contributed by atoms with Gasteiger partial charge in [-0.25, -0.2) is 0 Å². The molecule has 1 aromatic rings. The van der Waals surface area contributed by atoms with Crippen LogP contribution in [0.5, 0.6) is 5.75 Å². The monoisotopic (exact) mass is 316 g/mol. The first-order valence-electron chi connectivity index (χ1n) is 8.89. The van der Waals surface area contributed by atoms with Crippen molar-refractivity contribution in [2.75, 3.05) is 26.2 Å². The first-order valence-corrected chi connectivity index (χ1v) is 8.89. The van der Waals surface area contributed by atoms with Gasteiger partial charge in [0, 0.05) is 25.2 Å². The molecule has 1 amide bonds. The number of likely N-dealkylation sites (tertiary alicyclic amines) is 1. The lowest BCUT2D eigenvalue weighted by Crippen LogP contribution is -2.44. The molecule has 23 heavy (non-hydrogen) atoms. The average molecular weight is 316 g/mol. The summed E-state index contributed by atoms with van der Waals surface area (Å²) >= 11 is 0. The lowest BCUT2D eigenvalue weighted by atomic mass is 9.78. The lowest BCUT2D eigenvalue weighted by Gasteiger charge is -2.38. The molecule has 1 aromatic carbocycles. The van der Waals surface area contributed by atoms with Gasteiger partial charge in [0.05, 0.1) is 6.10 Å². The fraction of sp³-hybridized carbons (Fsp3) is 0.632. The van der Waals surface area contributed by atoms with Crippen molar-refractivity contribution >= 4 is 5.91 Å². The largest absolute Gasteiger partial charge is 0.491 e. The molecule has 0 bridgehead atoms. The molecule has 0 radical (unpaired) electrons. The molecular weight excluding hydrogens is 288 g/mol. The highest BCUT2D eigenvalue weighted by Crippen LogP contribution is 2.37. The van der Waals surface area contributed by atoms with E-state index < -0.39 is 0 Å². The molecule has 1 N–H and O–H groups in total. The number of benzene rings is 1. The fourth-order valence-electron chi connectivity index (χ4n) is 3.58. The van der Waals surface area contributed by atoms with Crippen LogP contribution in [0.15, 0.2) is 24.3 Å². The Morgan fingerprint density at radius 1 is 1.26 bits per heavy atom. The van der Waals surface area contributed by atoms with Crippen molar-refractivity contribution in [1.82, 2.24) is 10.2 Å². The van der Waals surface area contributed by atoms with E-state index in [0.717, 1.165) is 56.8 Å². The van der Waals surface area contributed by atoms with Crippen molar-refractivity contribution in [3.8, 4) is 5.75 Å². The topological polar surface area (TPSA) is 41.6 Å². The molecule has 4 nitrogen and oxygen atoms in total. The third kappa shape index (κ3) is 3.69. The Balaban J connectivity index is 1.58. The van der Waals surface area contributed by atoms with Gasteiger partial charge < -0.3 is 15.0 Å². The fourth-order valence-corrected chi connectivity index (χ4v) is 3.58. The zero-order valence-corrected chi connectivity index (χ0v) is 14.3. The number of nitrogens with one attached hydrogen (secondary N) is 1. The minimum absolute atomic E-state index is 0.154. The second-order valence-corrected chi connectivity index (χ2v) is 7.08. The molecule has 2 saturated heterocycles. The van der Waals surface area contributed by atoms with Crippen LogP contribution in [0.3, 0.4) is 0 Å². The number of piperidine rings is 1. The highest BCUT2D eigenvalue weighted by Gasteiger charge is 2.38. The van der Waals surface area contributed by atoms with Gasteiger partial charge >= 0.3 is 0 Å². The number of carbonyl (C=O) groups is 1. The van der Waals surface area contributed by atoms with E-state index >= 15 is 0 Å². The number of ether oxygens (including phenoxy) is 1. The Hall–Kier alpha value is -1.55. The van der Waals surface area contributed by atoms with E-state index in [1.807, 2.05) is 29.2 Å². The molecule has 0 aliphatic carbocycles. The molecule has 3 rings (SSSR count).